The maximum Gasteiger partial charge on any atom is 0.389 e. The van der Waals surface area contributed by atoms with E-state index in [4.69, 9.17) is 5.11 Å². The fraction of sp³-hybridized carbons (Fsp3) is 0.600. The van der Waals surface area contributed by atoms with Crippen LogP contribution in [0.2, 0.25) is 0 Å². The summed E-state index contributed by atoms with van der Waals surface area (Å²) in [5.74, 6) is -0.451. The van der Waals surface area contributed by atoms with Crippen molar-refractivity contribution in [1.82, 2.24) is 14.7 Å². The van der Waals surface area contributed by atoms with Crippen LogP contribution in [0.1, 0.15) is 12.8 Å². The summed E-state index contributed by atoms with van der Waals surface area (Å²) in [4.78, 5) is 23.4. The molecule has 1 aromatic heterocycles. The van der Waals surface area contributed by atoms with E-state index >= 15 is 0 Å². The van der Waals surface area contributed by atoms with Crippen LogP contribution in [0.4, 0.5) is 5.82 Å². The molecule has 8 nitrogen and oxygen atoms in total. The SMILES string of the molecule is O=C(Cn1ccc([N+](=O)[O-])n1)N1CCCC1CO. The number of carbonyl (C=O) groups excluding carboxylic acids is 1. The van der Waals surface area contributed by atoms with Crippen molar-refractivity contribution in [2.45, 2.75) is 25.4 Å². The van der Waals surface area contributed by atoms with E-state index in [1.807, 2.05) is 0 Å². The zero-order valence-electron chi connectivity index (χ0n) is 9.73. The van der Waals surface area contributed by atoms with E-state index in [-0.39, 0.29) is 30.9 Å². The van der Waals surface area contributed by atoms with Gasteiger partial charge in [-0.3, -0.25) is 4.79 Å². The van der Waals surface area contributed by atoms with E-state index in [0.717, 1.165) is 12.8 Å². The van der Waals surface area contributed by atoms with E-state index in [1.165, 1.54) is 16.9 Å². The van der Waals surface area contributed by atoms with Crippen molar-refractivity contribution in [3.8, 4) is 0 Å². The fourth-order valence-electron chi connectivity index (χ4n) is 2.12. The molecule has 98 valence electrons. The normalized spacial score (nSPS) is 19.2. The first-order chi connectivity index (χ1) is 8.61. The quantitative estimate of drug-likeness (QED) is 0.591. The van der Waals surface area contributed by atoms with Gasteiger partial charge in [-0.25, -0.2) is 0 Å². The fourth-order valence-corrected chi connectivity index (χ4v) is 2.12. The lowest BCUT2D eigenvalue weighted by Crippen LogP contribution is -2.39. The number of aliphatic hydroxyl groups excluding tert-OH is 1. The van der Waals surface area contributed by atoms with E-state index < -0.39 is 4.92 Å². The van der Waals surface area contributed by atoms with Crippen molar-refractivity contribution in [1.29, 1.82) is 0 Å². The minimum absolute atomic E-state index is 0.0374. The average Bonchev–Trinajstić information content (AvgIpc) is 2.96. The van der Waals surface area contributed by atoms with Gasteiger partial charge in [0, 0.05) is 6.54 Å². The highest BCUT2D eigenvalue weighted by Gasteiger charge is 2.28. The van der Waals surface area contributed by atoms with Gasteiger partial charge in [0.05, 0.1) is 30.0 Å². The molecule has 0 spiro atoms. The number of nitro groups is 1. The summed E-state index contributed by atoms with van der Waals surface area (Å²) in [6.07, 6.45) is 3.07. The van der Waals surface area contributed by atoms with Crippen LogP contribution in [0.15, 0.2) is 12.3 Å². The van der Waals surface area contributed by atoms with E-state index in [1.54, 1.807) is 4.90 Å². The summed E-state index contributed by atoms with van der Waals surface area (Å²) < 4.78 is 1.24. The minimum Gasteiger partial charge on any atom is -0.394 e. The van der Waals surface area contributed by atoms with Crippen LogP contribution in [-0.2, 0) is 11.3 Å². The molecule has 8 heteroatoms. The number of hydrogen-bond acceptors (Lipinski definition) is 5. The van der Waals surface area contributed by atoms with Crippen molar-refractivity contribution in [3.05, 3.63) is 22.4 Å². The second-order valence-electron chi connectivity index (χ2n) is 4.19. The summed E-state index contributed by atoms with van der Waals surface area (Å²) in [6, 6.07) is 1.11. The second kappa shape index (κ2) is 5.13. The number of rotatable bonds is 4. The maximum atomic E-state index is 11.9. The molecule has 18 heavy (non-hydrogen) atoms. The predicted octanol–water partition coefficient (Wildman–Crippen LogP) is -0.225. The van der Waals surface area contributed by atoms with E-state index in [2.05, 4.69) is 5.10 Å². The number of aromatic nitrogens is 2. The number of hydrogen-bond donors (Lipinski definition) is 1. The predicted molar refractivity (Wildman–Crippen MR) is 60.7 cm³/mol. The highest BCUT2D eigenvalue weighted by Crippen LogP contribution is 2.17. The monoisotopic (exact) mass is 254 g/mol. The zero-order valence-corrected chi connectivity index (χ0v) is 9.73. The Balaban J connectivity index is 2.00. The molecule has 1 saturated heterocycles. The Hall–Kier alpha value is -1.96. The van der Waals surface area contributed by atoms with E-state index in [0.29, 0.717) is 6.54 Å². The van der Waals surface area contributed by atoms with Crippen LogP contribution >= 0.6 is 0 Å². The van der Waals surface area contributed by atoms with Crippen LogP contribution < -0.4 is 0 Å². The van der Waals surface area contributed by atoms with Gasteiger partial charge in [0.15, 0.2) is 0 Å². The molecule has 0 bridgehead atoms. The molecule has 0 saturated carbocycles. The summed E-state index contributed by atoms with van der Waals surface area (Å²) in [5.41, 5.74) is 0. The first-order valence-electron chi connectivity index (χ1n) is 5.70. The molecule has 1 aromatic rings. The first-order valence-corrected chi connectivity index (χ1v) is 5.70. The molecule has 0 aromatic carbocycles. The summed E-state index contributed by atoms with van der Waals surface area (Å²) in [7, 11) is 0. The molecule has 2 heterocycles. The lowest BCUT2D eigenvalue weighted by Gasteiger charge is -2.22. The standard InChI is InChI=1S/C10H14N4O4/c15-7-8-2-1-4-13(8)10(16)6-12-5-3-9(11-12)14(17)18/h3,5,8,15H,1-2,4,6-7H2. The van der Waals surface area contributed by atoms with Crippen LogP contribution in [-0.4, -0.2) is 49.8 Å². The Morgan fingerprint density at radius 3 is 3.06 bits per heavy atom. The Kier molecular flexibility index (Phi) is 3.56. The van der Waals surface area contributed by atoms with Crippen molar-refractivity contribution in [2.75, 3.05) is 13.2 Å². The first kappa shape index (κ1) is 12.5. The molecule has 2 rings (SSSR count). The van der Waals surface area contributed by atoms with Crippen LogP contribution in [0.5, 0.6) is 0 Å². The average molecular weight is 254 g/mol. The summed E-state index contributed by atoms with van der Waals surface area (Å²) in [5, 5.41) is 23.3. The minimum atomic E-state index is -0.604. The molecule has 0 aliphatic carbocycles. The smallest absolute Gasteiger partial charge is 0.389 e. The van der Waals surface area contributed by atoms with Gasteiger partial charge in [-0.05, 0) is 17.8 Å². The van der Waals surface area contributed by atoms with Crippen molar-refractivity contribution in [3.63, 3.8) is 0 Å². The third kappa shape index (κ3) is 2.48. The molecular weight excluding hydrogens is 240 g/mol. The van der Waals surface area contributed by atoms with Gasteiger partial charge < -0.3 is 20.1 Å². The molecule has 1 atom stereocenters. The number of nitrogens with zero attached hydrogens (tertiary/aromatic N) is 4. The lowest BCUT2D eigenvalue weighted by atomic mass is 10.2. The Morgan fingerprint density at radius 1 is 1.67 bits per heavy atom. The molecule has 1 N–H and O–H groups in total. The third-order valence-corrected chi connectivity index (χ3v) is 3.02. The molecule has 1 fully saturated rings. The van der Waals surface area contributed by atoms with Crippen molar-refractivity contribution < 1.29 is 14.8 Å². The highest BCUT2D eigenvalue weighted by atomic mass is 16.6. The van der Waals surface area contributed by atoms with Gasteiger partial charge in [0.1, 0.15) is 6.54 Å². The van der Waals surface area contributed by atoms with Gasteiger partial charge in [0.2, 0.25) is 5.91 Å². The number of likely N-dealkylation sites (tertiary alicyclic amines) is 1. The van der Waals surface area contributed by atoms with Crippen LogP contribution in [0.25, 0.3) is 0 Å². The maximum absolute atomic E-state index is 11.9. The lowest BCUT2D eigenvalue weighted by molar-refractivity contribution is -0.389. The van der Waals surface area contributed by atoms with Gasteiger partial charge in [-0.15, -0.1) is 0 Å². The molecule has 1 aliphatic rings. The molecule has 1 amide bonds. The second-order valence-corrected chi connectivity index (χ2v) is 4.19. The highest BCUT2D eigenvalue weighted by molar-refractivity contribution is 5.76. The zero-order chi connectivity index (χ0) is 13.1. The number of aliphatic hydroxyl groups is 1. The molecule has 0 radical (unpaired) electrons. The Morgan fingerprint density at radius 2 is 2.44 bits per heavy atom. The van der Waals surface area contributed by atoms with Crippen molar-refractivity contribution in [2.24, 2.45) is 0 Å². The summed E-state index contributed by atoms with van der Waals surface area (Å²) >= 11 is 0. The molecule has 1 aliphatic heterocycles. The Labute approximate surface area is 103 Å². The number of amides is 1. The largest absolute Gasteiger partial charge is 0.394 e. The Bertz CT molecular complexity index is 458. The molecule has 1 unspecified atom stereocenters. The summed E-state index contributed by atoms with van der Waals surface area (Å²) in [6.45, 7) is 0.531. The van der Waals surface area contributed by atoms with Gasteiger partial charge in [0.25, 0.3) is 0 Å². The third-order valence-electron chi connectivity index (χ3n) is 3.02. The topological polar surface area (TPSA) is 102 Å². The van der Waals surface area contributed by atoms with Gasteiger partial charge in [-0.2, -0.15) is 4.68 Å². The molecular formula is C10H14N4O4. The van der Waals surface area contributed by atoms with Crippen molar-refractivity contribution >= 4 is 11.7 Å². The van der Waals surface area contributed by atoms with Gasteiger partial charge >= 0.3 is 5.82 Å². The number of carbonyl (C=O) groups is 1. The van der Waals surface area contributed by atoms with Crippen LogP contribution in [0, 0.1) is 10.1 Å². The van der Waals surface area contributed by atoms with E-state index in [9.17, 15) is 14.9 Å². The van der Waals surface area contributed by atoms with Crippen LogP contribution in [0.3, 0.4) is 0 Å². The van der Waals surface area contributed by atoms with Gasteiger partial charge in [-0.1, -0.05) is 0 Å².